The molecular weight excluding hydrogens is 400 g/mol. The van der Waals surface area contributed by atoms with Crippen LogP contribution in [0, 0.1) is 11.8 Å². The van der Waals surface area contributed by atoms with Crippen molar-refractivity contribution in [3.8, 4) is 0 Å². The average Bonchev–Trinajstić information content (AvgIpc) is 2.84. The van der Waals surface area contributed by atoms with Crippen molar-refractivity contribution in [1.82, 2.24) is 10.2 Å². The Labute approximate surface area is 191 Å². The maximum Gasteiger partial charge on any atom is 0.307 e. The second-order valence-corrected chi connectivity index (χ2v) is 8.75. The van der Waals surface area contributed by atoms with Crippen LogP contribution in [0.1, 0.15) is 43.2 Å². The number of aliphatic carboxylic acids is 1. The zero-order valence-corrected chi connectivity index (χ0v) is 18.9. The number of benzene rings is 2. The van der Waals surface area contributed by atoms with Gasteiger partial charge >= 0.3 is 5.97 Å². The predicted octanol–water partition coefficient (Wildman–Crippen LogP) is 4.17. The van der Waals surface area contributed by atoms with Gasteiger partial charge in [0.2, 0.25) is 5.91 Å². The first-order chi connectivity index (χ1) is 15.6. The van der Waals surface area contributed by atoms with Crippen LogP contribution < -0.4 is 5.32 Å². The van der Waals surface area contributed by atoms with Crippen molar-refractivity contribution in [3.63, 3.8) is 0 Å². The SMILES string of the molecule is O=C(O)C1CCNCC1C(=O)N(CCCCc1ccccc1)CCCCc1ccccc1. The molecule has 2 unspecified atom stereocenters. The number of carbonyl (C=O) groups is 2. The number of aryl methyl sites for hydroxylation is 2. The quantitative estimate of drug-likeness (QED) is 0.490. The maximum absolute atomic E-state index is 13.4. The molecule has 2 atom stereocenters. The third kappa shape index (κ3) is 7.49. The van der Waals surface area contributed by atoms with Crippen molar-refractivity contribution in [2.45, 2.75) is 44.9 Å². The lowest BCUT2D eigenvalue weighted by Crippen LogP contribution is -2.49. The summed E-state index contributed by atoms with van der Waals surface area (Å²) in [6, 6.07) is 20.8. The van der Waals surface area contributed by atoms with Crippen molar-refractivity contribution in [2.75, 3.05) is 26.2 Å². The van der Waals surface area contributed by atoms with Gasteiger partial charge in [-0.15, -0.1) is 0 Å². The number of amides is 1. The van der Waals surface area contributed by atoms with E-state index in [1.165, 1.54) is 11.1 Å². The summed E-state index contributed by atoms with van der Waals surface area (Å²) in [7, 11) is 0. The van der Waals surface area contributed by atoms with Gasteiger partial charge in [-0.3, -0.25) is 9.59 Å². The van der Waals surface area contributed by atoms with Gasteiger partial charge in [-0.25, -0.2) is 0 Å². The third-order valence-corrected chi connectivity index (χ3v) is 6.40. The highest BCUT2D eigenvalue weighted by Crippen LogP contribution is 2.23. The van der Waals surface area contributed by atoms with Crippen molar-refractivity contribution >= 4 is 11.9 Å². The fourth-order valence-electron chi connectivity index (χ4n) is 4.53. The van der Waals surface area contributed by atoms with E-state index >= 15 is 0 Å². The third-order valence-electron chi connectivity index (χ3n) is 6.40. The molecule has 0 radical (unpaired) electrons. The number of hydrogen-bond acceptors (Lipinski definition) is 3. The van der Waals surface area contributed by atoms with Crippen molar-refractivity contribution in [1.29, 1.82) is 0 Å². The van der Waals surface area contributed by atoms with Crippen molar-refractivity contribution in [3.05, 3.63) is 71.8 Å². The molecule has 0 spiro atoms. The van der Waals surface area contributed by atoms with Crippen LogP contribution in [0.4, 0.5) is 0 Å². The largest absolute Gasteiger partial charge is 0.481 e. The molecule has 0 saturated carbocycles. The Morgan fingerprint density at radius 1 is 0.812 bits per heavy atom. The number of rotatable bonds is 12. The second-order valence-electron chi connectivity index (χ2n) is 8.75. The Morgan fingerprint density at radius 3 is 1.84 bits per heavy atom. The molecule has 0 bridgehead atoms. The summed E-state index contributed by atoms with van der Waals surface area (Å²) in [6.45, 7) is 2.51. The zero-order valence-electron chi connectivity index (χ0n) is 18.9. The van der Waals surface area contributed by atoms with Crippen LogP contribution in [0.25, 0.3) is 0 Å². The smallest absolute Gasteiger partial charge is 0.307 e. The fourth-order valence-corrected chi connectivity index (χ4v) is 4.53. The van der Waals surface area contributed by atoms with Crippen molar-refractivity contribution < 1.29 is 14.7 Å². The lowest BCUT2D eigenvalue weighted by atomic mass is 9.85. The Kier molecular flexibility index (Phi) is 9.76. The van der Waals surface area contributed by atoms with Gasteiger partial charge in [0.15, 0.2) is 0 Å². The van der Waals surface area contributed by atoms with Gasteiger partial charge in [0.25, 0.3) is 0 Å². The molecule has 5 nitrogen and oxygen atoms in total. The number of nitrogens with zero attached hydrogens (tertiary/aromatic N) is 1. The summed E-state index contributed by atoms with van der Waals surface area (Å²) in [4.78, 5) is 27.0. The number of carboxylic acid groups (broad SMARTS) is 1. The van der Waals surface area contributed by atoms with E-state index in [0.29, 0.717) is 32.6 Å². The molecule has 172 valence electrons. The Morgan fingerprint density at radius 2 is 1.34 bits per heavy atom. The molecule has 3 rings (SSSR count). The molecule has 1 fully saturated rings. The minimum atomic E-state index is -0.849. The highest BCUT2D eigenvalue weighted by Gasteiger charge is 2.37. The number of hydrogen-bond donors (Lipinski definition) is 2. The Hall–Kier alpha value is -2.66. The summed E-state index contributed by atoms with van der Waals surface area (Å²) in [6.07, 6.45) is 6.40. The maximum atomic E-state index is 13.4. The minimum Gasteiger partial charge on any atom is -0.481 e. The van der Waals surface area contributed by atoms with Crippen LogP contribution in [0.5, 0.6) is 0 Å². The van der Waals surface area contributed by atoms with Crippen LogP contribution in [-0.4, -0.2) is 48.1 Å². The van der Waals surface area contributed by atoms with E-state index in [9.17, 15) is 14.7 Å². The van der Waals surface area contributed by atoms with E-state index in [4.69, 9.17) is 0 Å². The van der Waals surface area contributed by atoms with E-state index in [1.807, 2.05) is 17.0 Å². The molecule has 0 aromatic heterocycles. The molecule has 1 aliphatic rings. The van der Waals surface area contributed by atoms with E-state index in [2.05, 4.69) is 53.8 Å². The number of piperidine rings is 1. The van der Waals surface area contributed by atoms with E-state index in [0.717, 1.165) is 38.5 Å². The predicted molar refractivity (Wildman–Crippen MR) is 127 cm³/mol. The summed E-state index contributed by atoms with van der Waals surface area (Å²) >= 11 is 0. The molecule has 1 aliphatic heterocycles. The van der Waals surface area contributed by atoms with Gasteiger partial charge in [0, 0.05) is 19.6 Å². The number of nitrogens with one attached hydrogen (secondary N) is 1. The highest BCUT2D eigenvalue weighted by molar-refractivity contribution is 5.85. The summed E-state index contributed by atoms with van der Waals surface area (Å²) in [5.74, 6) is -1.90. The van der Waals surface area contributed by atoms with Crippen LogP contribution >= 0.6 is 0 Å². The number of carboxylic acids is 1. The first-order valence-electron chi connectivity index (χ1n) is 12.0. The molecule has 1 saturated heterocycles. The Bertz CT molecular complexity index is 778. The molecule has 1 amide bonds. The van der Waals surface area contributed by atoms with Gasteiger partial charge in [-0.05, 0) is 62.6 Å². The average molecular weight is 437 g/mol. The van der Waals surface area contributed by atoms with Gasteiger partial charge in [0.05, 0.1) is 11.8 Å². The van der Waals surface area contributed by atoms with E-state index < -0.39 is 17.8 Å². The summed E-state index contributed by atoms with van der Waals surface area (Å²) < 4.78 is 0. The first kappa shape index (κ1) is 24.0. The van der Waals surface area contributed by atoms with Crippen molar-refractivity contribution in [2.24, 2.45) is 11.8 Å². The minimum absolute atomic E-state index is 0.00372. The molecule has 32 heavy (non-hydrogen) atoms. The van der Waals surface area contributed by atoms with Crippen LogP contribution in [0.3, 0.4) is 0 Å². The van der Waals surface area contributed by atoms with Gasteiger partial charge in [-0.2, -0.15) is 0 Å². The molecule has 0 aliphatic carbocycles. The highest BCUT2D eigenvalue weighted by atomic mass is 16.4. The molecule has 1 heterocycles. The molecule has 2 N–H and O–H groups in total. The molecule has 2 aromatic rings. The molecule has 2 aromatic carbocycles. The van der Waals surface area contributed by atoms with Gasteiger partial charge in [-0.1, -0.05) is 60.7 Å². The van der Waals surface area contributed by atoms with Gasteiger partial charge < -0.3 is 15.3 Å². The van der Waals surface area contributed by atoms with Crippen LogP contribution in [-0.2, 0) is 22.4 Å². The zero-order chi connectivity index (χ0) is 22.6. The lowest BCUT2D eigenvalue weighted by Gasteiger charge is -2.33. The Balaban J connectivity index is 1.54. The summed E-state index contributed by atoms with van der Waals surface area (Å²) in [5, 5.41) is 12.8. The topological polar surface area (TPSA) is 69.6 Å². The van der Waals surface area contributed by atoms with E-state index in [-0.39, 0.29) is 5.91 Å². The van der Waals surface area contributed by atoms with E-state index in [1.54, 1.807) is 0 Å². The lowest BCUT2D eigenvalue weighted by molar-refractivity contribution is -0.151. The standard InChI is InChI=1S/C27H36N2O3/c30-26(25-21-28-18-17-24(25)27(31)32)29(19-9-7-15-22-11-3-1-4-12-22)20-10-8-16-23-13-5-2-6-14-23/h1-6,11-14,24-25,28H,7-10,15-21H2,(H,31,32). The van der Waals surface area contributed by atoms with Gasteiger partial charge in [0.1, 0.15) is 0 Å². The molecular formula is C27H36N2O3. The summed E-state index contributed by atoms with van der Waals surface area (Å²) in [5.41, 5.74) is 2.63. The van der Waals surface area contributed by atoms with Crippen LogP contribution in [0.15, 0.2) is 60.7 Å². The number of unbranched alkanes of at least 4 members (excludes halogenated alkanes) is 2. The fraction of sp³-hybridized carbons (Fsp3) is 0.481. The normalized spacial score (nSPS) is 18.2. The van der Waals surface area contributed by atoms with Crippen LogP contribution in [0.2, 0.25) is 0 Å². The first-order valence-corrected chi connectivity index (χ1v) is 12.0. The number of carbonyl (C=O) groups excluding carboxylic acids is 1. The monoisotopic (exact) mass is 436 g/mol. The second kappa shape index (κ2) is 13.0. The molecule has 5 heteroatoms.